The van der Waals surface area contributed by atoms with E-state index < -0.39 is 5.41 Å². The molecule has 0 radical (unpaired) electrons. The van der Waals surface area contributed by atoms with E-state index in [4.69, 9.17) is 16.3 Å². The minimum Gasteiger partial charge on any atom is -0.383 e. The molecule has 0 aliphatic heterocycles. The summed E-state index contributed by atoms with van der Waals surface area (Å²) in [6.45, 7) is 8.31. The van der Waals surface area contributed by atoms with Gasteiger partial charge in [0.2, 0.25) is 11.8 Å². The number of unbranched alkanes of at least 4 members (excludes halogenated alkanes) is 1. The highest BCUT2D eigenvalue weighted by Gasteiger charge is 2.33. The summed E-state index contributed by atoms with van der Waals surface area (Å²) in [5.41, 5.74) is 1.50. The molecule has 0 aliphatic carbocycles. The molecule has 1 aromatic carbocycles. The van der Waals surface area contributed by atoms with Crippen LogP contribution < -0.4 is 0 Å². The number of amides is 2. The lowest BCUT2D eigenvalue weighted by Crippen LogP contribution is -2.49. The fourth-order valence-corrected chi connectivity index (χ4v) is 3.95. The van der Waals surface area contributed by atoms with Crippen molar-refractivity contribution in [1.82, 2.24) is 14.4 Å². The van der Waals surface area contributed by atoms with Gasteiger partial charge in [-0.3, -0.25) is 9.59 Å². The minimum absolute atomic E-state index is 0.0135. The first-order chi connectivity index (χ1) is 16.2. The number of rotatable bonds is 14. The van der Waals surface area contributed by atoms with Crippen LogP contribution in [-0.4, -0.2) is 65.4 Å². The van der Waals surface area contributed by atoms with Gasteiger partial charge in [-0.25, -0.2) is 0 Å². The molecule has 2 aromatic rings. The van der Waals surface area contributed by atoms with Gasteiger partial charge in [0.1, 0.15) is 0 Å². The van der Waals surface area contributed by atoms with Crippen LogP contribution in [0.15, 0.2) is 47.1 Å². The highest BCUT2D eigenvalue weighted by atomic mass is 79.9. The number of carbonyl (C=O) groups excluding carboxylic acids is 2. The molecule has 0 saturated carbocycles. The average molecular weight is 555 g/mol. The maximum absolute atomic E-state index is 13.4. The number of nitrogens with zero attached hydrogens (tertiary/aromatic N) is 3. The summed E-state index contributed by atoms with van der Waals surface area (Å²) in [6, 6.07) is 12.3. The van der Waals surface area contributed by atoms with E-state index in [1.807, 2.05) is 29.3 Å². The Labute approximate surface area is 217 Å². The van der Waals surface area contributed by atoms with E-state index in [0.29, 0.717) is 26.2 Å². The zero-order chi connectivity index (χ0) is 25.1. The van der Waals surface area contributed by atoms with Gasteiger partial charge in [-0.15, -0.1) is 11.6 Å². The summed E-state index contributed by atoms with van der Waals surface area (Å²) >= 11 is 9.52. The van der Waals surface area contributed by atoms with E-state index in [9.17, 15) is 9.59 Å². The number of hydrogen-bond acceptors (Lipinski definition) is 3. The summed E-state index contributed by atoms with van der Waals surface area (Å²) in [7, 11) is 1.59. The second-order valence-corrected chi connectivity index (χ2v) is 10.3. The first-order valence-corrected chi connectivity index (χ1v) is 13.0. The average Bonchev–Trinajstić information content (AvgIpc) is 3.26. The SMILES string of the molecule is CCCCN(Cc1cccn1Cc1ccc(Br)cc1)C(=O)CN(CCOC)C(=O)C(C)(C)CCl. The Kier molecular flexibility index (Phi) is 11.6. The molecule has 8 heteroatoms. The Hall–Kier alpha value is -1.83. The zero-order valence-electron chi connectivity index (χ0n) is 20.7. The molecule has 34 heavy (non-hydrogen) atoms. The molecule has 0 aliphatic rings. The summed E-state index contributed by atoms with van der Waals surface area (Å²) in [5, 5.41) is 0. The highest BCUT2D eigenvalue weighted by molar-refractivity contribution is 9.10. The Balaban J connectivity index is 2.18. The van der Waals surface area contributed by atoms with E-state index >= 15 is 0 Å². The maximum atomic E-state index is 13.4. The molecule has 0 bridgehead atoms. The fraction of sp³-hybridized carbons (Fsp3) is 0.538. The molecule has 0 unspecified atom stereocenters. The van der Waals surface area contributed by atoms with Crippen LogP contribution in [0.2, 0.25) is 0 Å². The van der Waals surface area contributed by atoms with E-state index in [1.54, 1.807) is 25.9 Å². The van der Waals surface area contributed by atoms with Crippen LogP contribution in [0, 0.1) is 5.41 Å². The number of carbonyl (C=O) groups is 2. The predicted octanol–water partition coefficient (Wildman–Crippen LogP) is 5.17. The van der Waals surface area contributed by atoms with Crippen LogP contribution in [0.25, 0.3) is 0 Å². The van der Waals surface area contributed by atoms with Gasteiger partial charge >= 0.3 is 0 Å². The van der Waals surface area contributed by atoms with Gasteiger partial charge < -0.3 is 19.1 Å². The number of hydrogen-bond donors (Lipinski definition) is 0. The lowest BCUT2D eigenvalue weighted by molar-refractivity contribution is -0.146. The van der Waals surface area contributed by atoms with Crippen molar-refractivity contribution in [2.45, 2.75) is 46.7 Å². The smallest absolute Gasteiger partial charge is 0.242 e. The van der Waals surface area contributed by atoms with Crippen molar-refractivity contribution in [3.8, 4) is 0 Å². The highest BCUT2D eigenvalue weighted by Crippen LogP contribution is 2.21. The zero-order valence-corrected chi connectivity index (χ0v) is 23.1. The normalized spacial score (nSPS) is 11.5. The van der Waals surface area contributed by atoms with Gasteiger partial charge in [0.05, 0.1) is 25.1 Å². The second kappa shape index (κ2) is 13.9. The van der Waals surface area contributed by atoms with Crippen molar-refractivity contribution in [2.24, 2.45) is 5.41 Å². The molecule has 0 saturated heterocycles. The second-order valence-electron chi connectivity index (χ2n) is 9.16. The Morgan fingerprint density at radius 2 is 1.82 bits per heavy atom. The molecular weight excluding hydrogens is 518 g/mol. The van der Waals surface area contributed by atoms with Crippen LogP contribution in [-0.2, 0) is 27.4 Å². The molecule has 6 nitrogen and oxygen atoms in total. The van der Waals surface area contributed by atoms with Gasteiger partial charge in [-0.05, 0) is 50.1 Å². The quantitative estimate of drug-likeness (QED) is 0.303. The van der Waals surface area contributed by atoms with Crippen molar-refractivity contribution in [3.63, 3.8) is 0 Å². The molecule has 188 valence electrons. The van der Waals surface area contributed by atoms with Crippen molar-refractivity contribution >= 4 is 39.3 Å². The monoisotopic (exact) mass is 553 g/mol. The fourth-order valence-electron chi connectivity index (χ4n) is 3.57. The summed E-state index contributed by atoms with van der Waals surface area (Å²) < 4.78 is 8.40. The van der Waals surface area contributed by atoms with Gasteiger partial charge in [0, 0.05) is 49.0 Å². The predicted molar refractivity (Wildman–Crippen MR) is 141 cm³/mol. The number of benzene rings is 1. The minimum atomic E-state index is -0.747. The van der Waals surface area contributed by atoms with E-state index in [0.717, 1.165) is 29.6 Å². The molecule has 0 atom stereocenters. The van der Waals surface area contributed by atoms with Gasteiger partial charge in [0.15, 0.2) is 0 Å². The number of aromatic nitrogens is 1. The number of alkyl halides is 1. The third kappa shape index (κ3) is 8.43. The lowest BCUT2D eigenvalue weighted by Gasteiger charge is -2.32. The molecule has 2 amide bonds. The molecule has 2 rings (SSSR count). The first kappa shape index (κ1) is 28.4. The summed E-state index contributed by atoms with van der Waals surface area (Å²) in [5.74, 6) is -0.0197. The van der Waals surface area contributed by atoms with Crippen LogP contribution in [0.4, 0.5) is 0 Å². The largest absolute Gasteiger partial charge is 0.383 e. The molecular formula is C26H37BrClN3O3. The molecule has 1 aromatic heterocycles. The summed E-state index contributed by atoms with van der Waals surface area (Å²) in [6.07, 6.45) is 3.92. The van der Waals surface area contributed by atoms with Crippen molar-refractivity contribution in [2.75, 3.05) is 39.2 Å². The van der Waals surface area contributed by atoms with Crippen LogP contribution in [0.3, 0.4) is 0 Å². The van der Waals surface area contributed by atoms with Crippen molar-refractivity contribution in [3.05, 3.63) is 58.3 Å². The summed E-state index contributed by atoms with van der Waals surface area (Å²) in [4.78, 5) is 29.9. The molecule has 0 fully saturated rings. The molecule has 0 N–H and O–H groups in total. The first-order valence-electron chi connectivity index (χ1n) is 11.7. The van der Waals surface area contributed by atoms with Crippen molar-refractivity contribution in [1.29, 1.82) is 0 Å². The van der Waals surface area contributed by atoms with Gasteiger partial charge in [-0.1, -0.05) is 41.4 Å². The van der Waals surface area contributed by atoms with Crippen LogP contribution in [0.5, 0.6) is 0 Å². The molecule has 1 heterocycles. The van der Waals surface area contributed by atoms with Crippen LogP contribution >= 0.6 is 27.5 Å². The van der Waals surface area contributed by atoms with Crippen molar-refractivity contribution < 1.29 is 14.3 Å². The molecule has 0 spiro atoms. The number of halogens is 2. The third-order valence-electron chi connectivity index (χ3n) is 5.77. The maximum Gasteiger partial charge on any atom is 0.242 e. The third-order valence-corrected chi connectivity index (χ3v) is 6.97. The van der Waals surface area contributed by atoms with Gasteiger partial charge in [0.25, 0.3) is 0 Å². The lowest BCUT2D eigenvalue weighted by atomic mass is 9.94. The van der Waals surface area contributed by atoms with E-state index in [2.05, 4.69) is 45.6 Å². The number of methoxy groups -OCH3 is 1. The van der Waals surface area contributed by atoms with Crippen LogP contribution in [0.1, 0.15) is 44.9 Å². The standard InChI is InChI=1S/C26H37BrClN3O3/c1-5-6-13-30(24(32)19-31(15-16-34-4)25(33)26(2,3)20-28)18-23-8-7-14-29(23)17-21-9-11-22(27)12-10-21/h7-12,14H,5-6,13,15-20H2,1-4H3. The van der Waals surface area contributed by atoms with Gasteiger partial charge in [-0.2, -0.15) is 0 Å². The Morgan fingerprint density at radius 1 is 1.12 bits per heavy atom. The van der Waals surface area contributed by atoms with E-state index in [1.165, 1.54) is 5.56 Å². The Bertz CT molecular complexity index is 914. The Morgan fingerprint density at radius 3 is 2.44 bits per heavy atom. The topological polar surface area (TPSA) is 54.8 Å². The number of ether oxygens (including phenoxy) is 1. The van der Waals surface area contributed by atoms with E-state index in [-0.39, 0.29) is 24.2 Å².